The van der Waals surface area contributed by atoms with Crippen molar-refractivity contribution in [1.29, 1.82) is 0 Å². The van der Waals surface area contributed by atoms with Gasteiger partial charge in [-0.3, -0.25) is 0 Å². The standard InChI is InChI=1S/C19H23N5OS/c1-12-7-8-15(17(21-12)25-2)16-9-20-18-24(16)22-19(26-18)23-10-13-5-3-4-6-14(13)11-23/h7-9,13-14H,3-6,10-11H2,1-2H3. The summed E-state index contributed by atoms with van der Waals surface area (Å²) in [5.74, 6) is 2.32. The summed E-state index contributed by atoms with van der Waals surface area (Å²) in [6.45, 7) is 4.25. The molecule has 136 valence electrons. The lowest BCUT2D eigenvalue weighted by Crippen LogP contribution is -2.19. The van der Waals surface area contributed by atoms with E-state index in [0.717, 1.165) is 52.0 Å². The van der Waals surface area contributed by atoms with E-state index in [4.69, 9.17) is 9.84 Å². The molecule has 6 nitrogen and oxygen atoms in total. The van der Waals surface area contributed by atoms with Crippen LogP contribution in [0.15, 0.2) is 18.3 Å². The molecule has 7 heteroatoms. The van der Waals surface area contributed by atoms with Gasteiger partial charge in [-0.2, -0.15) is 0 Å². The molecule has 2 fully saturated rings. The Labute approximate surface area is 156 Å². The number of imidazole rings is 1. The average Bonchev–Trinajstić information content (AvgIpc) is 3.34. The first-order valence-corrected chi connectivity index (χ1v) is 10.2. The van der Waals surface area contributed by atoms with Crippen molar-refractivity contribution in [1.82, 2.24) is 19.6 Å². The predicted octanol–water partition coefficient (Wildman–Crippen LogP) is 3.80. The van der Waals surface area contributed by atoms with Crippen LogP contribution in [0.1, 0.15) is 31.4 Å². The second kappa shape index (κ2) is 6.23. The van der Waals surface area contributed by atoms with E-state index in [2.05, 4.69) is 14.9 Å². The molecule has 1 saturated heterocycles. The molecule has 0 amide bonds. The van der Waals surface area contributed by atoms with E-state index in [1.807, 2.05) is 29.8 Å². The van der Waals surface area contributed by atoms with Crippen molar-refractivity contribution in [3.8, 4) is 17.1 Å². The van der Waals surface area contributed by atoms with Gasteiger partial charge in [0.05, 0.1) is 24.6 Å². The monoisotopic (exact) mass is 369 g/mol. The van der Waals surface area contributed by atoms with E-state index in [1.165, 1.54) is 25.7 Å². The Bertz CT molecular complexity index is 935. The maximum Gasteiger partial charge on any atom is 0.222 e. The zero-order chi connectivity index (χ0) is 17.7. The zero-order valence-electron chi connectivity index (χ0n) is 15.2. The van der Waals surface area contributed by atoms with E-state index in [9.17, 15) is 0 Å². The highest BCUT2D eigenvalue weighted by Crippen LogP contribution is 2.40. The Balaban J connectivity index is 1.50. The second-order valence-electron chi connectivity index (χ2n) is 7.44. The lowest BCUT2D eigenvalue weighted by Gasteiger charge is -2.22. The summed E-state index contributed by atoms with van der Waals surface area (Å²) in [6.07, 6.45) is 7.39. The minimum absolute atomic E-state index is 0.619. The summed E-state index contributed by atoms with van der Waals surface area (Å²) in [6, 6.07) is 4.03. The summed E-state index contributed by atoms with van der Waals surface area (Å²) in [7, 11) is 1.65. The van der Waals surface area contributed by atoms with Crippen LogP contribution in [-0.4, -0.2) is 39.8 Å². The fourth-order valence-electron chi connectivity index (χ4n) is 4.44. The number of pyridine rings is 1. The minimum Gasteiger partial charge on any atom is -0.480 e. The number of fused-ring (bicyclic) bond motifs is 2. The van der Waals surface area contributed by atoms with Gasteiger partial charge >= 0.3 is 0 Å². The summed E-state index contributed by atoms with van der Waals surface area (Å²) in [4.78, 5) is 12.5. The van der Waals surface area contributed by atoms with Crippen molar-refractivity contribution in [3.05, 3.63) is 24.0 Å². The molecule has 1 aliphatic heterocycles. The van der Waals surface area contributed by atoms with Gasteiger partial charge in [-0.05, 0) is 43.7 Å². The molecule has 3 aromatic heterocycles. The van der Waals surface area contributed by atoms with Gasteiger partial charge in [0.1, 0.15) is 0 Å². The van der Waals surface area contributed by atoms with Crippen LogP contribution in [0.25, 0.3) is 16.2 Å². The summed E-state index contributed by atoms with van der Waals surface area (Å²) in [5.41, 5.74) is 2.80. The molecule has 1 saturated carbocycles. The SMILES string of the molecule is COc1nc(C)ccc1-c1cnc2sc(N3CC4CCCCC4C3)nn12. The van der Waals surface area contributed by atoms with Crippen molar-refractivity contribution >= 4 is 21.4 Å². The lowest BCUT2D eigenvalue weighted by molar-refractivity contribution is 0.299. The molecule has 0 spiro atoms. The van der Waals surface area contributed by atoms with Gasteiger partial charge in [-0.1, -0.05) is 24.2 Å². The number of anilines is 1. The Kier molecular flexibility index (Phi) is 3.85. The predicted molar refractivity (Wildman–Crippen MR) is 103 cm³/mol. The number of hydrogen-bond donors (Lipinski definition) is 0. The van der Waals surface area contributed by atoms with Crippen molar-refractivity contribution in [2.75, 3.05) is 25.1 Å². The number of ether oxygens (including phenoxy) is 1. The highest BCUT2D eigenvalue weighted by atomic mass is 32.1. The molecule has 26 heavy (non-hydrogen) atoms. The fourth-order valence-corrected chi connectivity index (χ4v) is 5.33. The zero-order valence-corrected chi connectivity index (χ0v) is 16.0. The third-order valence-electron chi connectivity index (χ3n) is 5.79. The van der Waals surface area contributed by atoms with Crippen molar-refractivity contribution < 1.29 is 4.74 Å². The van der Waals surface area contributed by atoms with Gasteiger partial charge in [0, 0.05) is 18.8 Å². The Hall–Kier alpha value is -2.15. The number of methoxy groups -OCH3 is 1. The van der Waals surface area contributed by atoms with Crippen molar-refractivity contribution in [3.63, 3.8) is 0 Å². The van der Waals surface area contributed by atoms with Crippen LogP contribution < -0.4 is 9.64 Å². The van der Waals surface area contributed by atoms with E-state index in [0.29, 0.717) is 5.88 Å². The molecular formula is C19H23N5OS. The third-order valence-corrected chi connectivity index (χ3v) is 6.77. The molecule has 2 atom stereocenters. The van der Waals surface area contributed by atoms with Crippen LogP contribution in [0.4, 0.5) is 5.13 Å². The molecule has 2 unspecified atom stereocenters. The number of nitrogens with zero attached hydrogens (tertiary/aromatic N) is 5. The van der Waals surface area contributed by atoms with E-state index >= 15 is 0 Å². The normalized spacial score (nSPS) is 22.8. The lowest BCUT2D eigenvalue weighted by atomic mass is 9.82. The van der Waals surface area contributed by atoms with Crippen LogP contribution in [0, 0.1) is 18.8 Å². The minimum atomic E-state index is 0.619. The van der Waals surface area contributed by atoms with E-state index in [-0.39, 0.29) is 0 Å². The molecular weight excluding hydrogens is 346 g/mol. The number of aromatic nitrogens is 4. The first-order valence-electron chi connectivity index (χ1n) is 9.34. The van der Waals surface area contributed by atoms with E-state index < -0.39 is 0 Å². The van der Waals surface area contributed by atoms with Crippen LogP contribution in [0.2, 0.25) is 0 Å². The van der Waals surface area contributed by atoms with Crippen LogP contribution >= 0.6 is 11.3 Å². The highest BCUT2D eigenvalue weighted by molar-refractivity contribution is 7.20. The van der Waals surface area contributed by atoms with E-state index in [1.54, 1.807) is 18.4 Å². The maximum atomic E-state index is 5.48. The van der Waals surface area contributed by atoms with Crippen molar-refractivity contribution in [2.24, 2.45) is 11.8 Å². The molecule has 0 aromatic carbocycles. The van der Waals surface area contributed by atoms with Gasteiger partial charge in [-0.15, -0.1) is 5.10 Å². The number of aryl methyl sites for hydroxylation is 1. The molecule has 5 rings (SSSR count). The van der Waals surface area contributed by atoms with Gasteiger partial charge in [0.2, 0.25) is 16.0 Å². The summed E-state index contributed by atoms with van der Waals surface area (Å²) >= 11 is 1.68. The Morgan fingerprint density at radius 3 is 2.65 bits per heavy atom. The van der Waals surface area contributed by atoms with Crippen LogP contribution in [0.3, 0.4) is 0 Å². The van der Waals surface area contributed by atoms with Crippen LogP contribution in [-0.2, 0) is 0 Å². The van der Waals surface area contributed by atoms with Gasteiger partial charge in [0.15, 0.2) is 0 Å². The average molecular weight is 369 g/mol. The van der Waals surface area contributed by atoms with Gasteiger partial charge < -0.3 is 9.64 Å². The smallest absolute Gasteiger partial charge is 0.222 e. The molecule has 0 bridgehead atoms. The van der Waals surface area contributed by atoms with Gasteiger partial charge in [0.25, 0.3) is 0 Å². The van der Waals surface area contributed by atoms with Gasteiger partial charge in [-0.25, -0.2) is 14.5 Å². The first kappa shape index (κ1) is 16.1. The topological polar surface area (TPSA) is 55.6 Å². The second-order valence-corrected chi connectivity index (χ2v) is 8.38. The van der Waals surface area contributed by atoms with Crippen LogP contribution in [0.5, 0.6) is 5.88 Å². The van der Waals surface area contributed by atoms with Crippen molar-refractivity contribution in [2.45, 2.75) is 32.6 Å². The molecule has 2 aliphatic rings. The highest BCUT2D eigenvalue weighted by Gasteiger charge is 2.35. The summed E-state index contributed by atoms with van der Waals surface area (Å²) < 4.78 is 7.42. The molecule has 4 heterocycles. The molecule has 0 radical (unpaired) electrons. The maximum absolute atomic E-state index is 5.48. The molecule has 1 aliphatic carbocycles. The molecule has 0 N–H and O–H groups in total. The summed E-state index contributed by atoms with van der Waals surface area (Å²) in [5, 5.41) is 5.99. The largest absolute Gasteiger partial charge is 0.480 e. The fraction of sp³-hybridized carbons (Fsp3) is 0.526. The Morgan fingerprint density at radius 2 is 1.92 bits per heavy atom. The first-order chi connectivity index (χ1) is 12.7. The quantitative estimate of drug-likeness (QED) is 0.703. The third kappa shape index (κ3) is 2.57. The number of hydrogen-bond acceptors (Lipinski definition) is 6. The Morgan fingerprint density at radius 1 is 1.15 bits per heavy atom. The number of rotatable bonds is 3. The molecule has 3 aromatic rings.